The van der Waals surface area contributed by atoms with Gasteiger partial charge in [-0.1, -0.05) is 42.5 Å². The number of hydrogen-bond donors (Lipinski definition) is 1. The van der Waals surface area contributed by atoms with Crippen molar-refractivity contribution in [1.29, 1.82) is 0 Å². The highest BCUT2D eigenvalue weighted by atomic mass is 16.5. The van der Waals surface area contributed by atoms with Crippen LogP contribution in [0.25, 0.3) is 0 Å². The molecule has 6 heteroatoms. The minimum atomic E-state index is -0.324. The molecule has 0 aliphatic carbocycles. The van der Waals surface area contributed by atoms with Crippen LogP contribution in [0.4, 0.5) is 0 Å². The molecule has 3 rings (SSSR count). The molecule has 0 aliphatic heterocycles. The van der Waals surface area contributed by atoms with Gasteiger partial charge in [-0.2, -0.15) is 0 Å². The van der Waals surface area contributed by atoms with Crippen molar-refractivity contribution in [2.75, 3.05) is 13.7 Å². The normalized spacial score (nSPS) is 10.3. The molecule has 1 aromatic heterocycles. The fourth-order valence-corrected chi connectivity index (χ4v) is 2.40. The first-order chi connectivity index (χ1) is 12.7. The van der Waals surface area contributed by atoms with E-state index in [1.807, 2.05) is 54.6 Å². The van der Waals surface area contributed by atoms with Crippen molar-refractivity contribution < 1.29 is 18.8 Å². The lowest BCUT2D eigenvalue weighted by Crippen LogP contribution is -2.25. The summed E-state index contributed by atoms with van der Waals surface area (Å²) in [5, 5.41) is 6.57. The van der Waals surface area contributed by atoms with Gasteiger partial charge in [0.1, 0.15) is 12.4 Å². The fraction of sp³-hybridized carbons (Fsp3) is 0.200. The number of ether oxygens (including phenoxy) is 2. The second kappa shape index (κ2) is 8.71. The fourth-order valence-electron chi connectivity index (χ4n) is 2.40. The third kappa shape index (κ3) is 4.86. The third-order valence-corrected chi connectivity index (χ3v) is 3.78. The Morgan fingerprint density at radius 1 is 1.08 bits per heavy atom. The predicted octanol–water partition coefficient (Wildman–Crippen LogP) is 3.23. The molecule has 0 aliphatic rings. The molecule has 0 bridgehead atoms. The monoisotopic (exact) mass is 352 g/mol. The second-order valence-corrected chi connectivity index (χ2v) is 5.66. The van der Waals surface area contributed by atoms with Gasteiger partial charge in [0.2, 0.25) is 5.76 Å². The van der Waals surface area contributed by atoms with Crippen molar-refractivity contribution in [3.63, 3.8) is 0 Å². The highest BCUT2D eigenvalue weighted by molar-refractivity contribution is 5.91. The van der Waals surface area contributed by atoms with Crippen molar-refractivity contribution in [2.45, 2.75) is 13.0 Å². The van der Waals surface area contributed by atoms with Gasteiger partial charge in [0.15, 0.2) is 0 Å². The summed E-state index contributed by atoms with van der Waals surface area (Å²) >= 11 is 0. The molecule has 0 radical (unpaired) electrons. The van der Waals surface area contributed by atoms with Crippen LogP contribution in [0.2, 0.25) is 0 Å². The van der Waals surface area contributed by atoms with Crippen molar-refractivity contribution in [1.82, 2.24) is 10.5 Å². The Morgan fingerprint density at radius 3 is 2.69 bits per heavy atom. The van der Waals surface area contributed by atoms with Gasteiger partial charge < -0.3 is 19.3 Å². The van der Waals surface area contributed by atoms with Gasteiger partial charge >= 0.3 is 0 Å². The Morgan fingerprint density at radius 2 is 1.88 bits per heavy atom. The van der Waals surface area contributed by atoms with Gasteiger partial charge in [0.05, 0.1) is 13.2 Å². The molecule has 0 atom stereocenters. The highest BCUT2D eigenvalue weighted by Crippen LogP contribution is 2.14. The van der Waals surface area contributed by atoms with E-state index in [2.05, 4.69) is 10.5 Å². The van der Waals surface area contributed by atoms with Crippen LogP contribution in [-0.2, 0) is 13.0 Å². The lowest BCUT2D eigenvalue weighted by atomic mass is 10.1. The van der Waals surface area contributed by atoms with Crippen molar-refractivity contribution in [2.24, 2.45) is 0 Å². The maximum atomic E-state index is 12.1. The summed E-state index contributed by atoms with van der Waals surface area (Å²) in [4.78, 5) is 12.1. The number of methoxy groups -OCH3 is 1. The second-order valence-electron chi connectivity index (χ2n) is 5.66. The first-order valence-corrected chi connectivity index (χ1v) is 8.29. The maximum absolute atomic E-state index is 12.1. The first-order valence-electron chi connectivity index (χ1n) is 8.29. The van der Waals surface area contributed by atoms with E-state index in [9.17, 15) is 4.79 Å². The standard InChI is InChI=1S/C20H20N2O4/c1-24-17-9-5-8-15(12-17)10-11-21-20(23)18-13-19(22-26-18)25-14-16-6-3-2-4-7-16/h2-9,12-13H,10-11,14H2,1H3,(H,21,23). The van der Waals surface area contributed by atoms with Crippen LogP contribution in [0.1, 0.15) is 21.7 Å². The molecule has 0 saturated carbocycles. The topological polar surface area (TPSA) is 73.6 Å². The summed E-state index contributed by atoms with van der Waals surface area (Å²) < 4.78 is 15.8. The van der Waals surface area contributed by atoms with E-state index < -0.39 is 0 Å². The highest BCUT2D eigenvalue weighted by Gasteiger charge is 2.13. The van der Waals surface area contributed by atoms with Crippen LogP contribution < -0.4 is 14.8 Å². The van der Waals surface area contributed by atoms with Crippen LogP contribution in [0.15, 0.2) is 65.2 Å². The van der Waals surface area contributed by atoms with E-state index >= 15 is 0 Å². The number of rotatable bonds is 8. The minimum absolute atomic E-state index is 0.124. The molecule has 0 fully saturated rings. The van der Waals surface area contributed by atoms with Gasteiger partial charge in [0, 0.05) is 6.54 Å². The van der Waals surface area contributed by atoms with Gasteiger partial charge in [-0.25, -0.2) is 0 Å². The molecule has 26 heavy (non-hydrogen) atoms. The molecule has 1 amide bonds. The van der Waals surface area contributed by atoms with Gasteiger partial charge in [-0.15, -0.1) is 0 Å². The Kier molecular flexibility index (Phi) is 5.88. The average molecular weight is 352 g/mol. The Labute approximate surface area is 151 Å². The molecule has 0 spiro atoms. The Bertz CT molecular complexity index is 846. The molecule has 2 aromatic carbocycles. The van der Waals surface area contributed by atoms with Crippen LogP contribution in [-0.4, -0.2) is 24.7 Å². The summed E-state index contributed by atoms with van der Waals surface area (Å²) in [7, 11) is 1.63. The number of carbonyl (C=O) groups is 1. The van der Waals surface area contributed by atoms with Crippen molar-refractivity contribution in [3.8, 4) is 11.6 Å². The van der Waals surface area contributed by atoms with E-state index in [-0.39, 0.29) is 17.5 Å². The van der Waals surface area contributed by atoms with Gasteiger partial charge in [-0.05, 0) is 34.8 Å². The maximum Gasteiger partial charge on any atom is 0.290 e. The zero-order valence-corrected chi connectivity index (χ0v) is 14.5. The van der Waals surface area contributed by atoms with Crippen LogP contribution in [0.5, 0.6) is 11.6 Å². The quantitative estimate of drug-likeness (QED) is 0.674. The number of hydrogen-bond acceptors (Lipinski definition) is 5. The van der Waals surface area contributed by atoms with E-state index in [0.717, 1.165) is 16.9 Å². The van der Waals surface area contributed by atoms with Crippen LogP contribution in [0, 0.1) is 0 Å². The van der Waals surface area contributed by atoms with Gasteiger partial charge in [-0.3, -0.25) is 4.79 Å². The summed E-state index contributed by atoms with van der Waals surface area (Å²) in [6.07, 6.45) is 0.689. The molecular formula is C20H20N2O4. The molecule has 1 heterocycles. The number of carbonyl (C=O) groups excluding carboxylic acids is 1. The number of amides is 1. The summed E-state index contributed by atoms with van der Waals surface area (Å²) in [5.41, 5.74) is 2.09. The number of nitrogens with one attached hydrogen (secondary N) is 1. The van der Waals surface area contributed by atoms with Crippen molar-refractivity contribution >= 4 is 5.91 Å². The zero-order chi connectivity index (χ0) is 18.2. The third-order valence-electron chi connectivity index (χ3n) is 3.78. The SMILES string of the molecule is COc1cccc(CCNC(=O)c2cc(OCc3ccccc3)no2)c1. The summed E-state index contributed by atoms with van der Waals surface area (Å²) in [6.45, 7) is 0.844. The van der Waals surface area contributed by atoms with E-state index in [0.29, 0.717) is 19.6 Å². The van der Waals surface area contributed by atoms with E-state index in [1.54, 1.807) is 7.11 Å². The Balaban J connectivity index is 1.47. The smallest absolute Gasteiger partial charge is 0.290 e. The van der Waals surface area contributed by atoms with Crippen molar-refractivity contribution in [3.05, 3.63) is 77.6 Å². The lowest BCUT2D eigenvalue weighted by Gasteiger charge is -2.05. The largest absolute Gasteiger partial charge is 0.497 e. The molecule has 0 unspecified atom stereocenters. The van der Waals surface area contributed by atoms with E-state index in [4.69, 9.17) is 14.0 Å². The number of nitrogens with zero attached hydrogens (tertiary/aromatic N) is 1. The molecule has 3 aromatic rings. The van der Waals surface area contributed by atoms with Crippen LogP contribution >= 0.6 is 0 Å². The van der Waals surface area contributed by atoms with E-state index in [1.165, 1.54) is 6.07 Å². The Hall–Kier alpha value is -3.28. The lowest BCUT2D eigenvalue weighted by molar-refractivity contribution is 0.0917. The first kappa shape index (κ1) is 17.5. The van der Waals surface area contributed by atoms with Gasteiger partial charge in [0.25, 0.3) is 11.8 Å². The molecular weight excluding hydrogens is 332 g/mol. The predicted molar refractivity (Wildman–Crippen MR) is 96.3 cm³/mol. The number of benzene rings is 2. The molecule has 6 nitrogen and oxygen atoms in total. The molecule has 0 saturated heterocycles. The van der Waals surface area contributed by atoms with Crippen LogP contribution in [0.3, 0.4) is 0 Å². The average Bonchev–Trinajstić information content (AvgIpc) is 3.16. The molecule has 1 N–H and O–H groups in total. The summed E-state index contributed by atoms with van der Waals surface area (Å²) in [6, 6.07) is 18.9. The zero-order valence-electron chi connectivity index (χ0n) is 14.5. The number of aromatic nitrogens is 1. The summed E-state index contributed by atoms with van der Waals surface area (Å²) in [5.74, 6) is 0.879. The minimum Gasteiger partial charge on any atom is -0.497 e. The molecule has 134 valence electrons.